The number of methoxy groups -OCH3 is 3. The number of anilines is 2. The zero-order chi connectivity index (χ0) is 24.0. The maximum atomic E-state index is 13.5. The van der Waals surface area contributed by atoms with Gasteiger partial charge in [-0.05, 0) is 36.8 Å². The van der Waals surface area contributed by atoms with E-state index in [-0.39, 0.29) is 43.9 Å². The molecule has 1 N–H and O–H groups in total. The Morgan fingerprint density at radius 1 is 1.06 bits per heavy atom. The van der Waals surface area contributed by atoms with Gasteiger partial charge in [0, 0.05) is 25.1 Å². The molecule has 33 heavy (non-hydrogen) atoms. The predicted octanol–water partition coefficient (Wildman–Crippen LogP) is 2.44. The van der Waals surface area contributed by atoms with Gasteiger partial charge in [0.15, 0.2) is 0 Å². The second kappa shape index (κ2) is 10.8. The summed E-state index contributed by atoms with van der Waals surface area (Å²) in [5.41, 5.74) is 2.02. The number of carbonyl (C=O) groups excluding carboxylic acids is 3. The van der Waals surface area contributed by atoms with Gasteiger partial charge in [-0.1, -0.05) is 12.1 Å². The standard InChI is InChI=1S/C24H29N3O6/c1-16-9-22(28)25-20-7-5-6-8-21(20)27(16)23(29)14-26(15-24(30)33-4)13-17-10-18(31-2)12-19(11-17)32-3/h5-8,10-12,16H,9,13-15H2,1-4H3,(H,25,28). The fraction of sp³-hybridized carbons (Fsp3) is 0.375. The zero-order valence-electron chi connectivity index (χ0n) is 19.3. The maximum Gasteiger partial charge on any atom is 0.319 e. The van der Waals surface area contributed by atoms with E-state index in [1.54, 1.807) is 48.3 Å². The van der Waals surface area contributed by atoms with Gasteiger partial charge >= 0.3 is 5.97 Å². The second-order valence-corrected chi connectivity index (χ2v) is 7.82. The fourth-order valence-corrected chi connectivity index (χ4v) is 3.87. The summed E-state index contributed by atoms with van der Waals surface area (Å²) in [4.78, 5) is 41.1. The van der Waals surface area contributed by atoms with Gasteiger partial charge in [0.1, 0.15) is 11.5 Å². The number of ether oxygens (including phenoxy) is 3. The second-order valence-electron chi connectivity index (χ2n) is 7.82. The highest BCUT2D eigenvalue weighted by Gasteiger charge is 2.30. The Bertz CT molecular complexity index is 1000. The molecule has 0 aromatic heterocycles. The minimum Gasteiger partial charge on any atom is -0.497 e. The predicted molar refractivity (Wildman–Crippen MR) is 123 cm³/mol. The lowest BCUT2D eigenvalue weighted by molar-refractivity contribution is -0.142. The fourth-order valence-electron chi connectivity index (χ4n) is 3.87. The van der Waals surface area contributed by atoms with E-state index in [0.717, 1.165) is 5.56 Å². The smallest absolute Gasteiger partial charge is 0.319 e. The molecule has 2 aromatic carbocycles. The molecule has 1 aliphatic rings. The molecule has 0 radical (unpaired) electrons. The van der Waals surface area contributed by atoms with Gasteiger partial charge in [0.05, 0.1) is 45.8 Å². The van der Waals surface area contributed by atoms with Gasteiger partial charge in [-0.3, -0.25) is 19.3 Å². The molecule has 1 unspecified atom stereocenters. The number of amides is 2. The number of fused-ring (bicyclic) bond motifs is 1. The van der Waals surface area contributed by atoms with E-state index < -0.39 is 5.97 Å². The average Bonchev–Trinajstić information content (AvgIpc) is 2.92. The number of carbonyl (C=O) groups is 3. The lowest BCUT2D eigenvalue weighted by Gasteiger charge is -2.30. The Labute approximate surface area is 193 Å². The van der Waals surface area contributed by atoms with Gasteiger partial charge in [-0.15, -0.1) is 0 Å². The van der Waals surface area contributed by atoms with Gasteiger partial charge in [0.25, 0.3) is 0 Å². The number of para-hydroxylation sites is 2. The quantitative estimate of drug-likeness (QED) is 0.611. The Morgan fingerprint density at radius 3 is 2.36 bits per heavy atom. The van der Waals surface area contributed by atoms with Crippen molar-refractivity contribution < 1.29 is 28.6 Å². The molecule has 3 rings (SSSR count). The molecule has 0 bridgehead atoms. The molecule has 0 aliphatic carbocycles. The van der Waals surface area contributed by atoms with Gasteiger partial charge in [-0.25, -0.2) is 0 Å². The number of rotatable bonds is 8. The molecule has 1 atom stereocenters. The minimum atomic E-state index is -0.459. The van der Waals surface area contributed by atoms with E-state index >= 15 is 0 Å². The molecule has 2 aromatic rings. The van der Waals surface area contributed by atoms with Crippen molar-refractivity contribution in [1.29, 1.82) is 0 Å². The van der Waals surface area contributed by atoms with Crippen molar-refractivity contribution >= 4 is 29.2 Å². The third-order valence-corrected chi connectivity index (χ3v) is 5.38. The van der Waals surface area contributed by atoms with E-state index in [2.05, 4.69) is 5.32 Å². The van der Waals surface area contributed by atoms with Crippen molar-refractivity contribution in [3.63, 3.8) is 0 Å². The highest BCUT2D eigenvalue weighted by Crippen LogP contribution is 2.31. The van der Waals surface area contributed by atoms with Crippen molar-refractivity contribution in [2.24, 2.45) is 0 Å². The van der Waals surface area contributed by atoms with Crippen LogP contribution >= 0.6 is 0 Å². The largest absolute Gasteiger partial charge is 0.497 e. The molecule has 1 aliphatic heterocycles. The van der Waals surface area contributed by atoms with E-state index in [1.165, 1.54) is 7.11 Å². The van der Waals surface area contributed by atoms with Crippen molar-refractivity contribution in [2.45, 2.75) is 25.9 Å². The number of hydrogen-bond donors (Lipinski definition) is 1. The minimum absolute atomic E-state index is 0.0541. The molecule has 2 amide bonds. The monoisotopic (exact) mass is 455 g/mol. The third kappa shape index (κ3) is 6.01. The van der Waals surface area contributed by atoms with E-state index in [4.69, 9.17) is 14.2 Å². The van der Waals surface area contributed by atoms with Crippen LogP contribution in [0.2, 0.25) is 0 Å². The number of nitrogens with one attached hydrogen (secondary N) is 1. The third-order valence-electron chi connectivity index (χ3n) is 5.38. The van der Waals surface area contributed by atoms with Gasteiger partial charge < -0.3 is 24.4 Å². The van der Waals surface area contributed by atoms with Crippen LogP contribution in [0.25, 0.3) is 0 Å². The van der Waals surface area contributed by atoms with Crippen molar-refractivity contribution in [3.8, 4) is 11.5 Å². The number of esters is 1. The van der Waals surface area contributed by atoms with E-state index in [9.17, 15) is 14.4 Å². The Kier molecular flexibility index (Phi) is 7.89. The van der Waals surface area contributed by atoms with Gasteiger partial charge in [-0.2, -0.15) is 0 Å². The molecule has 9 heteroatoms. The molecule has 0 spiro atoms. The van der Waals surface area contributed by atoms with Crippen LogP contribution < -0.4 is 19.7 Å². The highest BCUT2D eigenvalue weighted by molar-refractivity contribution is 6.05. The van der Waals surface area contributed by atoms with Crippen LogP contribution in [0.15, 0.2) is 42.5 Å². The summed E-state index contributed by atoms with van der Waals surface area (Å²) in [6, 6.07) is 12.2. The number of nitrogens with zero attached hydrogens (tertiary/aromatic N) is 2. The molecule has 176 valence electrons. The first-order valence-electron chi connectivity index (χ1n) is 10.6. The van der Waals surface area contributed by atoms with Crippen LogP contribution in [0.3, 0.4) is 0 Å². The van der Waals surface area contributed by atoms with E-state index in [0.29, 0.717) is 22.9 Å². The van der Waals surface area contributed by atoms with Crippen molar-refractivity contribution in [2.75, 3.05) is 44.6 Å². The SMILES string of the molecule is COC(=O)CN(CC(=O)N1c2ccccc2NC(=O)CC1C)Cc1cc(OC)cc(OC)c1. The topological polar surface area (TPSA) is 97.4 Å². The summed E-state index contributed by atoms with van der Waals surface area (Å²) >= 11 is 0. The zero-order valence-corrected chi connectivity index (χ0v) is 19.3. The summed E-state index contributed by atoms with van der Waals surface area (Å²) < 4.78 is 15.5. The van der Waals surface area contributed by atoms with Crippen LogP contribution in [0.1, 0.15) is 18.9 Å². The lowest BCUT2D eigenvalue weighted by atomic mass is 10.1. The summed E-state index contributed by atoms with van der Waals surface area (Å²) in [5.74, 6) is 0.367. The number of benzene rings is 2. The van der Waals surface area contributed by atoms with Crippen LogP contribution in [0, 0.1) is 0 Å². The van der Waals surface area contributed by atoms with Gasteiger partial charge in [0.2, 0.25) is 11.8 Å². The Morgan fingerprint density at radius 2 is 1.73 bits per heavy atom. The maximum absolute atomic E-state index is 13.5. The first-order valence-corrected chi connectivity index (χ1v) is 10.6. The normalized spacial score (nSPS) is 15.4. The molecule has 1 heterocycles. The van der Waals surface area contributed by atoms with Crippen LogP contribution in [0.4, 0.5) is 11.4 Å². The molecular weight excluding hydrogens is 426 g/mol. The Balaban J connectivity index is 1.88. The van der Waals surface area contributed by atoms with E-state index in [1.807, 2.05) is 25.1 Å². The average molecular weight is 456 g/mol. The molecule has 0 fully saturated rings. The first kappa shape index (κ1) is 24.1. The summed E-state index contributed by atoms with van der Waals surface area (Å²) in [7, 11) is 4.42. The Hall–Kier alpha value is -3.59. The first-order chi connectivity index (χ1) is 15.8. The van der Waals surface area contributed by atoms with Crippen LogP contribution in [-0.4, -0.2) is 63.1 Å². The highest BCUT2D eigenvalue weighted by atomic mass is 16.5. The molecular formula is C24H29N3O6. The summed E-state index contributed by atoms with van der Waals surface area (Å²) in [6.07, 6.45) is 0.171. The van der Waals surface area contributed by atoms with Crippen LogP contribution in [0.5, 0.6) is 11.5 Å². The summed E-state index contributed by atoms with van der Waals surface area (Å²) in [5, 5.41) is 2.85. The molecule has 0 saturated heterocycles. The summed E-state index contributed by atoms with van der Waals surface area (Å²) in [6.45, 7) is 1.98. The van der Waals surface area contributed by atoms with Crippen LogP contribution in [-0.2, 0) is 25.7 Å². The van der Waals surface area contributed by atoms with Crippen molar-refractivity contribution in [3.05, 3.63) is 48.0 Å². The molecule has 0 saturated carbocycles. The lowest BCUT2D eigenvalue weighted by Crippen LogP contribution is -2.46. The number of hydrogen-bond acceptors (Lipinski definition) is 7. The molecule has 9 nitrogen and oxygen atoms in total. The van der Waals surface area contributed by atoms with Crippen molar-refractivity contribution in [1.82, 2.24) is 4.90 Å².